The van der Waals surface area contributed by atoms with Crippen molar-refractivity contribution in [1.29, 1.82) is 0 Å². The molecule has 0 bridgehead atoms. The summed E-state index contributed by atoms with van der Waals surface area (Å²) in [5, 5.41) is 3.02. The van der Waals surface area contributed by atoms with E-state index in [9.17, 15) is 4.79 Å². The minimum absolute atomic E-state index is 0.0399. The van der Waals surface area contributed by atoms with Gasteiger partial charge in [-0.15, -0.1) is 0 Å². The number of nitrogens with one attached hydrogen (secondary N) is 1. The lowest BCUT2D eigenvalue weighted by atomic mass is 10.1. The van der Waals surface area contributed by atoms with Gasteiger partial charge in [0.1, 0.15) is 0 Å². The van der Waals surface area contributed by atoms with Gasteiger partial charge >= 0.3 is 6.03 Å². The van der Waals surface area contributed by atoms with Gasteiger partial charge in [0.15, 0.2) is 0 Å². The zero-order valence-corrected chi connectivity index (χ0v) is 14.8. The van der Waals surface area contributed by atoms with Crippen molar-refractivity contribution in [2.45, 2.75) is 32.7 Å². The summed E-state index contributed by atoms with van der Waals surface area (Å²) in [5.74, 6) is 0. The molecular formula is C19H30N4O. The first-order chi connectivity index (χ1) is 11.7. The first-order valence-electron chi connectivity index (χ1n) is 9.34. The van der Waals surface area contributed by atoms with Gasteiger partial charge in [-0.25, -0.2) is 4.79 Å². The molecule has 1 aromatic carbocycles. The molecule has 0 radical (unpaired) electrons. The van der Waals surface area contributed by atoms with Gasteiger partial charge in [0.25, 0.3) is 0 Å². The summed E-state index contributed by atoms with van der Waals surface area (Å²) in [4.78, 5) is 19.2. The minimum Gasteiger partial charge on any atom is -0.325 e. The highest BCUT2D eigenvalue weighted by Gasteiger charge is 2.17. The molecule has 0 aliphatic carbocycles. The van der Waals surface area contributed by atoms with Crippen molar-refractivity contribution in [1.82, 2.24) is 14.7 Å². The second-order valence-corrected chi connectivity index (χ2v) is 6.89. The number of piperazine rings is 1. The predicted octanol–water partition coefficient (Wildman–Crippen LogP) is 2.84. The highest BCUT2D eigenvalue weighted by molar-refractivity contribution is 5.89. The molecular weight excluding hydrogens is 300 g/mol. The van der Waals surface area contributed by atoms with Crippen molar-refractivity contribution in [2.75, 3.05) is 51.1 Å². The molecule has 1 N–H and O–H groups in total. The van der Waals surface area contributed by atoms with E-state index in [1.807, 2.05) is 17.0 Å². The fourth-order valence-corrected chi connectivity index (χ4v) is 3.51. The maximum Gasteiger partial charge on any atom is 0.321 e. The smallest absolute Gasteiger partial charge is 0.321 e. The number of piperidine rings is 1. The zero-order chi connectivity index (χ0) is 16.8. The number of hydrogen-bond donors (Lipinski definition) is 1. The SMILES string of the molecule is CCN1CCN(Cc2ccc(NC(=O)N3CCCCC3)cc2)CC1. The van der Waals surface area contributed by atoms with Crippen LogP contribution in [-0.2, 0) is 6.54 Å². The lowest BCUT2D eigenvalue weighted by Gasteiger charge is -2.34. The monoisotopic (exact) mass is 330 g/mol. The highest BCUT2D eigenvalue weighted by Crippen LogP contribution is 2.15. The lowest BCUT2D eigenvalue weighted by molar-refractivity contribution is 0.132. The number of hydrogen-bond acceptors (Lipinski definition) is 3. The number of urea groups is 1. The quantitative estimate of drug-likeness (QED) is 0.923. The molecule has 2 aliphatic heterocycles. The van der Waals surface area contributed by atoms with Gasteiger partial charge in [-0.2, -0.15) is 0 Å². The van der Waals surface area contributed by atoms with Crippen LogP contribution in [0.1, 0.15) is 31.7 Å². The summed E-state index contributed by atoms with van der Waals surface area (Å²) in [7, 11) is 0. The predicted molar refractivity (Wildman–Crippen MR) is 98.3 cm³/mol. The molecule has 2 heterocycles. The Morgan fingerprint density at radius 2 is 1.54 bits per heavy atom. The third kappa shape index (κ3) is 4.71. The number of benzene rings is 1. The van der Waals surface area contributed by atoms with Crippen LogP contribution in [0.25, 0.3) is 0 Å². The standard InChI is InChI=1S/C19H30N4O/c1-2-21-12-14-22(15-13-21)16-17-6-8-18(9-7-17)20-19(24)23-10-4-3-5-11-23/h6-9H,2-5,10-16H2,1H3,(H,20,24). The Labute approximate surface area is 145 Å². The van der Waals surface area contributed by atoms with E-state index >= 15 is 0 Å². The van der Waals surface area contributed by atoms with Crippen molar-refractivity contribution in [3.05, 3.63) is 29.8 Å². The largest absolute Gasteiger partial charge is 0.325 e. The van der Waals surface area contributed by atoms with Gasteiger partial charge in [0.05, 0.1) is 0 Å². The molecule has 0 unspecified atom stereocenters. The fourth-order valence-electron chi connectivity index (χ4n) is 3.51. The van der Waals surface area contributed by atoms with Crippen LogP contribution in [0.2, 0.25) is 0 Å². The molecule has 5 nitrogen and oxygen atoms in total. The Morgan fingerprint density at radius 3 is 2.17 bits per heavy atom. The number of amides is 2. The van der Waals surface area contributed by atoms with Crippen molar-refractivity contribution >= 4 is 11.7 Å². The van der Waals surface area contributed by atoms with Crippen molar-refractivity contribution in [3.63, 3.8) is 0 Å². The van der Waals surface area contributed by atoms with Crippen LogP contribution in [0.5, 0.6) is 0 Å². The molecule has 3 rings (SSSR count). The Hall–Kier alpha value is -1.59. The lowest BCUT2D eigenvalue weighted by Crippen LogP contribution is -2.45. The van der Waals surface area contributed by atoms with E-state index in [-0.39, 0.29) is 6.03 Å². The minimum atomic E-state index is 0.0399. The van der Waals surface area contributed by atoms with Gasteiger partial charge in [-0.05, 0) is 43.5 Å². The average molecular weight is 330 g/mol. The second kappa shape index (κ2) is 8.49. The van der Waals surface area contributed by atoms with Gasteiger partial charge < -0.3 is 15.1 Å². The van der Waals surface area contributed by atoms with Crippen LogP contribution in [0.3, 0.4) is 0 Å². The van der Waals surface area contributed by atoms with Gasteiger partial charge in [-0.3, -0.25) is 4.90 Å². The van der Waals surface area contributed by atoms with E-state index < -0.39 is 0 Å². The number of carbonyl (C=O) groups is 1. The Bertz CT molecular complexity index is 517. The molecule has 2 aliphatic rings. The molecule has 0 saturated carbocycles. The Kier molecular flexibility index (Phi) is 6.10. The van der Waals surface area contributed by atoms with Crippen molar-refractivity contribution in [3.8, 4) is 0 Å². The average Bonchev–Trinajstić information content (AvgIpc) is 2.65. The number of carbonyl (C=O) groups excluding carboxylic acids is 1. The summed E-state index contributed by atoms with van der Waals surface area (Å²) in [6.45, 7) is 10.8. The molecule has 1 aromatic rings. The topological polar surface area (TPSA) is 38.8 Å². The molecule has 2 amide bonds. The molecule has 132 valence electrons. The molecule has 0 atom stereocenters. The van der Waals surface area contributed by atoms with Gasteiger partial charge in [0, 0.05) is 51.5 Å². The molecule has 0 spiro atoms. The summed E-state index contributed by atoms with van der Waals surface area (Å²) < 4.78 is 0. The van der Waals surface area contributed by atoms with E-state index in [4.69, 9.17) is 0 Å². The maximum atomic E-state index is 12.2. The Balaban J connectivity index is 1.47. The number of anilines is 1. The summed E-state index contributed by atoms with van der Waals surface area (Å²) in [6, 6.07) is 8.37. The summed E-state index contributed by atoms with van der Waals surface area (Å²) in [6.07, 6.45) is 3.49. The highest BCUT2D eigenvalue weighted by atomic mass is 16.2. The van der Waals surface area contributed by atoms with Crippen LogP contribution in [0.15, 0.2) is 24.3 Å². The van der Waals surface area contributed by atoms with Crippen LogP contribution < -0.4 is 5.32 Å². The fraction of sp³-hybridized carbons (Fsp3) is 0.632. The first kappa shape index (κ1) is 17.2. The number of likely N-dealkylation sites (tertiary alicyclic amines) is 1. The molecule has 2 fully saturated rings. The van der Waals surface area contributed by atoms with Crippen molar-refractivity contribution < 1.29 is 4.79 Å². The third-order valence-corrected chi connectivity index (χ3v) is 5.17. The van der Waals surface area contributed by atoms with E-state index in [1.54, 1.807) is 0 Å². The number of nitrogens with zero attached hydrogens (tertiary/aromatic N) is 3. The summed E-state index contributed by atoms with van der Waals surface area (Å²) >= 11 is 0. The van der Waals surface area contributed by atoms with E-state index in [0.717, 1.165) is 57.8 Å². The normalized spacial score (nSPS) is 20.1. The van der Waals surface area contributed by atoms with E-state index in [1.165, 1.54) is 25.1 Å². The van der Waals surface area contributed by atoms with Crippen molar-refractivity contribution in [2.24, 2.45) is 0 Å². The van der Waals surface area contributed by atoms with E-state index in [0.29, 0.717) is 0 Å². The second-order valence-electron chi connectivity index (χ2n) is 6.89. The molecule has 5 heteroatoms. The number of rotatable bonds is 4. The molecule has 0 aromatic heterocycles. The van der Waals surface area contributed by atoms with Gasteiger partial charge in [0.2, 0.25) is 0 Å². The molecule has 24 heavy (non-hydrogen) atoms. The first-order valence-corrected chi connectivity index (χ1v) is 9.34. The van der Waals surface area contributed by atoms with Crippen LogP contribution >= 0.6 is 0 Å². The third-order valence-electron chi connectivity index (χ3n) is 5.17. The van der Waals surface area contributed by atoms with Crippen LogP contribution in [-0.4, -0.2) is 66.5 Å². The van der Waals surface area contributed by atoms with Crippen LogP contribution in [0.4, 0.5) is 10.5 Å². The molecule has 2 saturated heterocycles. The van der Waals surface area contributed by atoms with E-state index in [2.05, 4.69) is 34.2 Å². The zero-order valence-electron chi connectivity index (χ0n) is 14.8. The maximum absolute atomic E-state index is 12.2. The van der Waals surface area contributed by atoms with Crippen LogP contribution in [0, 0.1) is 0 Å². The van der Waals surface area contributed by atoms with Gasteiger partial charge in [-0.1, -0.05) is 19.1 Å². The Morgan fingerprint density at radius 1 is 0.917 bits per heavy atom. The number of likely N-dealkylation sites (N-methyl/N-ethyl adjacent to an activating group) is 1. The summed E-state index contributed by atoms with van der Waals surface area (Å²) in [5.41, 5.74) is 2.21.